The van der Waals surface area contributed by atoms with Gasteiger partial charge in [0.15, 0.2) is 0 Å². The Hall–Kier alpha value is -1.43. The first-order valence-electron chi connectivity index (χ1n) is 7.75. The largest absolute Gasteiger partial charge is 0.463 e. The number of carbonyl (C=O) groups is 1. The van der Waals surface area contributed by atoms with Crippen molar-refractivity contribution in [1.82, 2.24) is 0 Å². The molecule has 1 saturated carbocycles. The molecule has 2 aliphatic rings. The predicted molar refractivity (Wildman–Crippen MR) is 76.5 cm³/mol. The summed E-state index contributed by atoms with van der Waals surface area (Å²) in [7, 11) is 0. The highest BCUT2D eigenvalue weighted by Gasteiger charge is 2.62. The minimum Gasteiger partial charge on any atom is -0.463 e. The van der Waals surface area contributed by atoms with Gasteiger partial charge in [-0.25, -0.2) is 4.79 Å². The van der Waals surface area contributed by atoms with E-state index in [1.165, 1.54) is 6.08 Å². The normalized spacial score (nSPS) is 33.7. The quantitative estimate of drug-likeness (QED) is 0.337. The van der Waals surface area contributed by atoms with Crippen molar-refractivity contribution < 1.29 is 19.2 Å². The summed E-state index contributed by atoms with van der Waals surface area (Å²) in [4.78, 5) is 23.4. The molecule has 1 aliphatic carbocycles. The Bertz CT molecular complexity index is 447. The molecular weight excluding hydrogens is 274 g/mol. The number of rotatable bonds is 5. The molecule has 1 heterocycles. The van der Waals surface area contributed by atoms with Crippen molar-refractivity contribution >= 4 is 5.97 Å². The number of nitrogens with zero attached hydrogens (tertiary/aromatic N) is 1. The second kappa shape index (κ2) is 6.56. The maximum Gasteiger partial charge on any atom is 0.331 e. The molecule has 0 aromatic rings. The molecule has 1 unspecified atom stereocenters. The molecule has 2 rings (SSSR count). The second-order valence-corrected chi connectivity index (χ2v) is 5.68. The molecule has 3 atom stereocenters. The average molecular weight is 297 g/mol. The minimum atomic E-state index is -1.23. The third-order valence-corrected chi connectivity index (χ3v) is 4.42. The van der Waals surface area contributed by atoms with Gasteiger partial charge in [0.05, 0.1) is 12.7 Å². The maximum atomic E-state index is 11.8. The molecule has 0 spiro atoms. The number of fused-ring (bicyclic) bond motifs is 1. The van der Waals surface area contributed by atoms with Crippen LogP contribution in [0.3, 0.4) is 0 Å². The summed E-state index contributed by atoms with van der Waals surface area (Å²) in [5.74, 6) is -0.510. The number of esters is 1. The monoisotopic (exact) mass is 297 g/mol. The van der Waals surface area contributed by atoms with Crippen molar-refractivity contribution in [2.24, 2.45) is 0 Å². The molecule has 0 amide bonds. The molecule has 0 aromatic carbocycles. The van der Waals surface area contributed by atoms with Crippen molar-refractivity contribution in [2.75, 3.05) is 6.61 Å². The number of ether oxygens (including phenoxy) is 2. The van der Waals surface area contributed by atoms with Crippen molar-refractivity contribution in [3.63, 3.8) is 0 Å². The van der Waals surface area contributed by atoms with Crippen molar-refractivity contribution in [3.8, 4) is 0 Å². The van der Waals surface area contributed by atoms with Crippen molar-refractivity contribution in [3.05, 3.63) is 21.8 Å². The van der Waals surface area contributed by atoms with Crippen LogP contribution in [0.2, 0.25) is 0 Å². The molecule has 1 aliphatic heterocycles. The summed E-state index contributed by atoms with van der Waals surface area (Å²) in [6, 6.07) is 0. The summed E-state index contributed by atoms with van der Waals surface area (Å²) in [5, 5.41) is 11.8. The van der Waals surface area contributed by atoms with Gasteiger partial charge in [-0.05, 0) is 26.2 Å². The highest BCUT2D eigenvalue weighted by molar-refractivity contribution is 5.83. The van der Waals surface area contributed by atoms with E-state index in [9.17, 15) is 14.9 Å². The summed E-state index contributed by atoms with van der Waals surface area (Å²) < 4.78 is 10.9. The van der Waals surface area contributed by atoms with Gasteiger partial charge >= 0.3 is 5.97 Å². The van der Waals surface area contributed by atoms with Crippen LogP contribution in [-0.2, 0) is 14.3 Å². The van der Waals surface area contributed by atoms with Crippen LogP contribution in [0.1, 0.15) is 52.4 Å². The number of hydrogen-bond donors (Lipinski definition) is 0. The average Bonchev–Trinajstić information content (AvgIpc) is 2.75. The lowest BCUT2D eigenvalue weighted by Crippen LogP contribution is -2.49. The highest BCUT2D eigenvalue weighted by atomic mass is 16.6. The molecule has 118 valence electrons. The zero-order valence-electron chi connectivity index (χ0n) is 12.7. The van der Waals surface area contributed by atoms with E-state index in [1.54, 1.807) is 6.92 Å². The Labute approximate surface area is 124 Å². The lowest BCUT2D eigenvalue weighted by Gasteiger charge is -2.30. The maximum absolute atomic E-state index is 11.8. The summed E-state index contributed by atoms with van der Waals surface area (Å²) in [6.45, 7) is 3.99. The Balaban J connectivity index is 2.41. The second-order valence-electron chi connectivity index (χ2n) is 5.68. The van der Waals surface area contributed by atoms with Gasteiger partial charge in [0.2, 0.25) is 0 Å². The fourth-order valence-corrected chi connectivity index (χ4v) is 3.51. The Morgan fingerprint density at radius 1 is 1.52 bits per heavy atom. The third kappa shape index (κ3) is 2.81. The predicted octanol–water partition coefficient (Wildman–Crippen LogP) is 2.63. The zero-order valence-corrected chi connectivity index (χ0v) is 12.7. The smallest absolute Gasteiger partial charge is 0.331 e. The van der Waals surface area contributed by atoms with Gasteiger partial charge in [-0.15, -0.1) is 0 Å². The zero-order chi connectivity index (χ0) is 15.5. The van der Waals surface area contributed by atoms with Gasteiger partial charge in [-0.2, -0.15) is 0 Å². The standard InChI is InChI=1S/C15H23NO5/c1-3-7-12-11(10-14(17)20-4-2)15(16(18)19)9-6-5-8-13(15)21-12/h10,12-13H,3-9H2,1-2H3/b11-10-/t12?,13-,15+/m0/s1. The van der Waals surface area contributed by atoms with Gasteiger partial charge in [0, 0.05) is 23.0 Å². The molecule has 0 aromatic heterocycles. The Kier molecular flexibility index (Phi) is 4.98. The summed E-state index contributed by atoms with van der Waals surface area (Å²) in [6.07, 6.45) is 4.95. The van der Waals surface area contributed by atoms with Gasteiger partial charge in [-0.1, -0.05) is 19.8 Å². The molecule has 2 fully saturated rings. The van der Waals surface area contributed by atoms with Crippen LogP contribution in [0.15, 0.2) is 11.6 Å². The van der Waals surface area contributed by atoms with Crippen molar-refractivity contribution in [2.45, 2.75) is 70.1 Å². The summed E-state index contributed by atoms with van der Waals surface area (Å²) in [5.41, 5.74) is -0.720. The Morgan fingerprint density at radius 3 is 2.90 bits per heavy atom. The fourth-order valence-electron chi connectivity index (χ4n) is 3.51. The molecule has 6 heteroatoms. The van der Waals surface area contributed by atoms with E-state index in [-0.39, 0.29) is 17.6 Å². The van der Waals surface area contributed by atoms with Crippen LogP contribution in [0.4, 0.5) is 0 Å². The number of hydrogen-bond acceptors (Lipinski definition) is 5. The molecular formula is C15H23NO5. The van der Waals surface area contributed by atoms with E-state index in [4.69, 9.17) is 9.47 Å². The van der Waals surface area contributed by atoms with E-state index in [0.29, 0.717) is 24.8 Å². The first-order chi connectivity index (χ1) is 10.1. The molecule has 21 heavy (non-hydrogen) atoms. The molecule has 0 bridgehead atoms. The van der Waals surface area contributed by atoms with Crippen LogP contribution in [-0.4, -0.2) is 35.2 Å². The van der Waals surface area contributed by atoms with Crippen LogP contribution >= 0.6 is 0 Å². The van der Waals surface area contributed by atoms with Crippen LogP contribution < -0.4 is 0 Å². The van der Waals surface area contributed by atoms with E-state index in [1.807, 2.05) is 6.92 Å². The molecule has 0 radical (unpaired) electrons. The number of nitro groups is 1. The van der Waals surface area contributed by atoms with E-state index >= 15 is 0 Å². The third-order valence-electron chi connectivity index (χ3n) is 4.42. The molecule has 1 saturated heterocycles. The summed E-state index contributed by atoms with van der Waals surface area (Å²) >= 11 is 0. The lowest BCUT2D eigenvalue weighted by molar-refractivity contribution is -0.568. The number of carbonyl (C=O) groups excluding carboxylic acids is 1. The minimum absolute atomic E-state index is 0.239. The van der Waals surface area contributed by atoms with E-state index in [2.05, 4.69) is 0 Å². The van der Waals surface area contributed by atoms with Crippen LogP contribution in [0.5, 0.6) is 0 Å². The topological polar surface area (TPSA) is 78.7 Å². The van der Waals surface area contributed by atoms with Gasteiger partial charge in [0.25, 0.3) is 5.54 Å². The lowest BCUT2D eigenvalue weighted by atomic mass is 9.74. The SMILES string of the molecule is CCCC1O[C@H]2CCCC[C@@]2([N+](=O)[O-])/C1=C\C(=O)OCC. The van der Waals surface area contributed by atoms with Gasteiger partial charge in [-0.3, -0.25) is 10.1 Å². The first kappa shape index (κ1) is 15.9. The van der Waals surface area contributed by atoms with Gasteiger partial charge in [0.1, 0.15) is 6.10 Å². The molecule has 0 N–H and O–H groups in total. The molecule has 6 nitrogen and oxygen atoms in total. The van der Waals surface area contributed by atoms with Crippen molar-refractivity contribution in [1.29, 1.82) is 0 Å². The fraction of sp³-hybridized carbons (Fsp3) is 0.800. The van der Waals surface area contributed by atoms with E-state index in [0.717, 1.165) is 19.3 Å². The first-order valence-corrected chi connectivity index (χ1v) is 7.75. The Morgan fingerprint density at radius 2 is 2.29 bits per heavy atom. The van der Waals surface area contributed by atoms with E-state index < -0.39 is 17.6 Å². The highest BCUT2D eigenvalue weighted by Crippen LogP contribution is 2.47. The van der Waals surface area contributed by atoms with Gasteiger partial charge < -0.3 is 9.47 Å². The van der Waals surface area contributed by atoms with Crippen LogP contribution in [0.25, 0.3) is 0 Å². The van der Waals surface area contributed by atoms with Crippen LogP contribution in [0, 0.1) is 10.1 Å².